The Morgan fingerprint density at radius 3 is 2.86 bits per heavy atom. The van der Waals surface area contributed by atoms with E-state index in [1.54, 1.807) is 0 Å². The van der Waals surface area contributed by atoms with Gasteiger partial charge in [-0.1, -0.05) is 0 Å². The number of hydrogen-bond donors (Lipinski definition) is 0. The number of fused-ring (bicyclic) bond motifs is 1. The summed E-state index contributed by atoms with van der Waals surface area (Å²) in [5, 5.41) is 0. The molecule has 1 aromatic rings. The SMILES string of the molecule is c1nc(N2CCN(CC3CCOC3)CC2)nc2c1COCC2. The van der Waals surface area contributed by atoms with Gasteiger partial charge < -0.3 is 14.4 Å². The van der Waals surface area contributed by atoms with Crippen molar-refractivity contribution < 1.29 is 9.47 Å². The van der Waals surface area contributed by atoms with Crippen molar-refractivity contribution >= 4 is 5.95 Å². The highest BCUT2D eigenvalue weighted by atomic mass is 16.5. The molecule has 6 nitrogen and oxygen atoms in total. The van der Waals surface area contributed by atoms with Crippen molar-refractivity contribution in [3.8, 4) is 0 Å². The van der Waals surface area contributed by atoms with Crippen LogP contribution in [0.4, 0.5) is 5.95 Å². The van der Waals surface area contributed by atoms with Crippen LogP contribution in [0.5, 0.6) is 0 Å². The minimum Gasteiger partial charge on any atom is -0.381 e. The molecule has 3 aliphatic heterocycles. The van der Waals surface area contributed by atoms with Gasteiger partial charge in [0.15, 0.2) is 0 Å². The molecule has 120 valence electrons. The van der Waals surface area contributed by atoms with Crippen LogP contribution in [0.15, 0.2) is 6.20 Å². The Morgan fingerprint density at radius 2 is 2.05 bits per heavy atom. The van der Waals surface area contributed by atoms with Crippen molar-refractivity contribution in [3.63, 3.8) is 0 Å². The Kier molecular flexibility index (Phi) is 4.23. The molecule has 4 rings (SSSR count). The molecule has 1 unspecified atom stereocenters. The van der Waals surface area contributed by atoms with E-state index in [0.717, 1.165) is 69.9 Å². The molecule has 1 aromatic heterocycles. The Morgan fingerprint density at radius 1 is 1.14 bits per heavy atom. The van der Waals surface area contributed by atoms with Gasteiger partial charge in [-0.3, -0.25) is 4.90 Å². The van der Waals surface area contributed by atoms with Crippen LogP contribution in [0.2, 0.25) is 0 Å². The topological polar surface area (TPSA) is 50.7 Å². The van der Waals surface area contributed by atoms with Crippen molar-refractivity contribution in [2.45, 2.75) is 19.4 Å². The fourth-order valence-electron chi connectivity index (χ4n) is 3.49. The van der Waals surface area contributed by atoms with Crippen molar-refractivity contribution in [1.29, 1.82) is 0 Å². The Hall–Kier alpha value is -1.24. The third-order valence-corrected chi connectivity index (χ3v) is 4.88. The van der Waals surface area contributed by atoms with Crippen molar-refractivity contribution in [3.05, 3.63) is 17.5 Å². The molecule has 2 saturated heterocycles. The standard InChI is InChI=1S/C16H24N4O2/c1-7-21-11-13(1)10-19-3-5-20(6-4-19)16-17-9-14-12-22-8-2-15(14)18-16/h9,13H,1-8,10-12H2. The molecule has 0 N–H and O–H groups in total. The molecule has 0 amide bonds. The molecular weight excluding hydrogens is 280 g/mol. The largest absolute Gasteiger partial charge is 0.381 e. The van der Waals surface area contributed by atoms with E-state index in [0.29, 0.717) is 6.61 Å². The summed E-state index contributed by atoms with van der Waals surface area (Å²) in [6.45, 7) is 8.73. The molecule has 0 radical (unpaired) electrons. The average Bonchev–Trinajstić information content (AvgIpc) is 3.08. The zero-order valence-corrected chi connectivity index (χ0v) is 13.0. The summed E-state index contributed by atoms with van der Waals surface area (Å²) in [7, 11) is 0. The lowest BCUT2D eigenvalue weighted by Gasteiger charge is -2.36. The second kappa shape index (κ2) is 6.48. The number of anilines is 1. The summed E-state index contributed by atoms with van der Waals surface area (Å²) < 4.78 is 10.9. The van der Waals surface area contributed by atoms with E-state index < -0.39 is 0 Å². The van der Waals surface area contributed by atoms with E-state index >= 15 is 0 Å². The predicted octanol–water partition coefficient (Wildman–Crippen LogP) is 0.708. The van der Waals surface area contributed by atoms with Gasteiger partial charge in [-0.05, 0) is 12.3 Å². The molecule has 0 saturated carbocycles. The highest BCUT2D eigenvalue weighted by molar-refractivity contribution is 5.34. The van der Waals surface area contributed by atoms with Crippen molar-refractivity contribution in [2.75, 3.05) is 57.4 Å². The third kappa shape index (κ3) is 3.09. The van der Waals surface area contributed by atoms with Gasteiger partial charge >= 0.3 is 0 Å². The first-order chi connectivity index (χ1) is 10.9. The Labute approximate surface area is 131 Å². The molecule has 0 bridgehead atoms. The first kappa shape index (κ1) is 14.4. The molecule has 2 fully saturated rings. The van der Waals surface area contributed by atoms with Gasteiger partial charge in [0.05, 0.1) is 25.5 Å². The molecule has 0 aromatic carbocycles. The van der Waals surface area contributed by atoms with E-state index in [2.05, 4.69) is 14.8 Å². The van der Waals surface area contributed by atoms with Gasteiger partial charge in [-0.25, -0.2) is 9.97 Å². The van der Waals surface area contributed by atoms with Gasteiger partial charge in [0.1, 0.15) is 0 Å². The maximum atomic E-state index is 5.47. The molecule has 6 heteroatoms. The lowest BCUT2D eigenvalue weighted by Crippen LogP contribution is -2.48. The zero-order chi connectivity index (χ0) is 14.8. The summed E-state index contributed by atoms with van der Waals surface area (Å²) in [4.78, 5) is 14.2. The normalized spacial score (nSPS) is 26.2. The molecule has 0 aliphatic carbocycles. The molecule has 1 atom stereocenters. The van der Waals surface area contributed by atoms with E-state index in [4.69, 9.17) is 14.5 Å². The molecule has 3 aliphatic rings. The minimum atomic E-state index is 0.660. The van der Waals surface area contributed by atoms with Crippen LogP contribution < -0.4 is 4.90 Å². The van der Waals surface area contributed by atoms with Crippen LogP contribution in [0.3, 0.4) is 0 Å². The number of aromatic nitrogens is 2. The second-order valence-corrected chi connectivity index (χ2v) is 6.46. The van der Waals surface area contributed by atoms with Crippen molar-refractivity contribution in [1.82, 2.24) is 14.9 Å². The Balaban J connectivity index is 1.35. The maximum Gasteiger partial charge on any atom is 0.225 e. The van der Waals surface area contributed by atoms with E-state index in [-0.39, 0.29) is 0 Å². The molecule has 22 heavy (non-hydrogen) atoms. The van der Waals surface area contributed by atoms with Gasteiger partial charge in [0.25, 0.3) is 0 Å². The lowest BCUT2D eigenvalue weighted by molar-refractivity contribution is 0.109. The highest BCUT2D eigenvalue weighted by Crippen LogP contribution is 2.19. The van der Waals surface area contributed by atoms with E-state index in [1.165, 1.54) is 18.7 Å². The van der Waals surface area contributed by atoms with Crippen molar-refractivity contribution in [2.24, 2.45) is 5.92 Å². The average molecular weight is 304 g/mol. The molecule has 4 heterocycles. The van der Waals surface area contributed by atoms with Crippen LogP contribution in [-0.4, -0.2) is 67.4 Å². The second-order valence-electron chi connectivity index (χ2n) is 6.46. The van der Waals surface area contributed by atoms with Gasteiger partial charge in [0, 0.05) is 57.5 Å². The van der Waals surface area contributed by atoms with E-state index in [9.17, 15) is 0 Å². The van der Waals surface area contributed by atoms with Crippen LogP contribution in [0.25, 0.3) is 0 Å². The highest BCUT2D eigenvalue weighted by Gasteiger charge is 2.24. The first-order valence-electron chi connectivity index (χ1n) is 8.36. The first-order valence-corrected chi connectivity index (χ1v) is 8.36. The number of nitrogens with zero attached hydrogens (tertiary/aromatic N) is 4. The zero-order valence-electron chi connectivity index (χ0n) is 13.0. The molecule has 0 spiro atoms. The minimum absolute atomic E-state index is 0.660. The smallest absolute Gasteiger partial charge is 0.225 e. The predicted molar refractivity (Wildman–Crippen MR) is 83.0 cm³/mol. The fourth-order valence-corrected chi connectivity index (χ4v) is 3.49. The summed E-state index contributed by atoms with van der Waals surface area (Å²) >= 11 is 0. The number of hydrogen-bond acceptors (Lipinski definition) is 6. The van der Waals surface area contributed by atoms with Gasteiger partial charge in [-0.15, -0.1) is 0 Å². The summed E-state index contributed by atoms with van der Waals surface area (Å²) in [5.74, 6) is 1.62. The summed E-state index contributed by atoms with van der Waals surface area (Å²) in [5.41, 5.74) is 2.32. The van der Waals surface area contributed by atoms with Gasteiger partial charge in [-0.2, -0.15) is 0 Å². The lowest BCUT2D eigenvalue weighted by atomic mass is 10.1. The quantitative estimate of drug-likeness (QED) is 0.820. The fraction of sp³-hybridized carbons (Fsp3) is 0.750. The van der Waals surface area contributed by atoms with Crippen LogP contribution in [0.1, 0.15) is 17.7 Å². The van der Waals surface area contributed by atoms with Gasteiger partial charge in [0.2, 0.25) is 5.95 Å². The maximum absolute atomic E-state index is 5.47. The summed E-state index contributed by atoms with van der Waals surface area (Å²) in [6.07, 6.45) is 4.07. The van der Waals surface area contributed by atoms with Crippen LogP contribution in [-0.2, 0) is 22.5 Å². The number of piperazine rings is 1. The number of ether oxygens (including phenoxy) is 2. The Bertz CT molecular complexity index is 511. The van der Waals surface area contributed by atoms with Crippen LogP contribution in [0, 0.1) is 5.92 Å². The molecular formula is C16H24N4O2. The van der Waals surface area contributed by atoms with E-state index in [1.807, 2.05) is 6.20 Å². The summed E-state index contributed by atoms with van der Waals surface area (Å²) in [6, 6.07) is 0. The third-order valence-electron chi connectivity index (χ3n) is 4.88. The monoisotopic (exact) mass is 304 g/mol. The van der Waals surface area contributed by atoms with Crippen LogP contribution >= 0.6 is 0 Å². The number of rotatable bonds is 3.